The fourth-order valence-corrected chi connectivity index (χ4v) is 6.94. The number of phenols is 1. The SMILES string of the molecule is CC(C)c1ccc(CNc2cc(N(C)C)c3c(c2O)C(=O)C2=C(O)[C@](C)(C(=O)CC(N)=O)[C@H]([C@@H](CO)N(C)C)C[C@@H]2C3)cc1. The van der Waals surface area contributed by atoms with Gasteiger partial charge in [-0.15, -0.1) is 0 Å². The van der Waals surface area contributed by atoms with Crippen LogP contribution in [0.1, 0.15) is 66.6 Å². The van der Waals surface area contributed by atoms with Gasteiger partial charge in [0.1, 0.15) is 11.5 Å². The molecule has 0 saturated carbocycles. The van der Waals surface area contributed by atoms with Gasteiger partial charge in [-0.3, -0.25) is 14.4 Å². The van der Waals surface area contributed by atoms with E-state index < -0.39 is 52.9 Å². The molecule has 0 aromatic heterocycles. The van der Waals surface area contributed by atoms with Crippen molar-refractivity contribution in [3.63, 3.8) is 0 Å². The predicted molar refractivity (Wildman–Crippen MR) is 171 cm³/mol. The molecule has 6 N–H and O–H groups in total. The second kappa shape index (κ2) is 12.6. The first-order valence-electron chi connectivity index (χ1n) is 15.1. The normalized spacial score (nSPS) is 22.1. The number of nitrogens with zero attached hydrogens (tertiary/aromatic N) is 2. The molecule has 2 aliphatic rings. The van der Waals surface area contributed by atoms with Gasteiger partial charge in [0.15, 0.2) is 11.6 Å². The number of phenolic OH excluding ortho intramolecular Hbond substituents is 1. The van der Waals surface area contributed by atoms with Gasteiger partial charge in [-0.05, 0) is 74.4 Å². The summed E-state index contributed by atoms with van der Waals surface area (Å²) in [5, 5.41) is 37.0. The lowest BCUT2D eigenvalue weighted by Gasteiger charge is -2.49. The van der Waals surface area contributed by atoms with E-state index in [1.165, 1.54) is 12.5 Å². The molecule has 0 aliphatic heterocycles. The zero-order chi connectivity index (χ0) is 32.7. The third-order valence-corrected chi connectivity index (χ3v) is 9.58. The Hall–Kier alpha value is -3.89. The van der Waals surface area contributed by atoms with Crippen molar-refractivity contribution in [3.8, 4) is 5.75 Å². The van der Waals surface area contributed by atoms with E-state index in [1.54, 1.807) is 19.0 Å². The van der Waals surface area contributed by atoms with Gasteiger partial charge < -0.3 is 36.2 Å². The van der Waals surface area contributed by atoms with E-state index >= 15 is 0 Å². The van der Waals surface area contributed by atoms with Crippen LogP contribution in [0.3, 0.4) is 0 Å². The number of carbonyl (C=O) groups excluding carboxylic acids is 3. The van der Waals surface area contributed by atoms with E-state index in [0.717, 1.165) is 11.3 Å². The van der Waals surface area contributed by atoms with Crippen molar-refractivity contribution in [1.29, 1.82) is 0 Å². The summed E-state index contributed by atoms with van der Waals surface area (Å²) in [4.78, 5) is 43.4. The van der Waals surface area contributed by atoms with Crippen LogP contribution in [0.4, 0.5) is 11.4 Å². The maximum Gasteiger partial charge on any atom is 0.224 e. The number of Topliss-reactive ketones (excluding diaryl/α,β-unsaturated/α-hetero) is 2. The minimum atomic E-state index is -1.65. The average molecular weight is 607 g/mol. The van der Waals surface area contributed by atoms with Gasteiger partial charge >= 0.3 is 0 Å². The van der Waals surface area contributed by atoms with Crippen molar-refractivity contribution in [2.75, 3.05) is 45.0 Å². The monoisotopic (exact) mass is 606 g/mol. The van der Waals surface area contributed by atoms with Gasteiger partial charge in [-0.2, -0.15) is 0 Å². The number of rotatable bonds is 11. The summed E-state index contributed by atoms with van der Waals surface area (Å²) in [6.45, 7) is 5.90. The van der Waals surface area contributed by atoms with Crippen LogP contribution < -0.4 is 16.0 Å². The summed E-state index contributed by atoms with van der Waals surface area (Å²) in [7, 11) is 7.27. The van der Waals surface area contributed by atoms with Crippen molar-refractivity contribution in [3.05, 3.63) is 63.9 Å². The van der Waals surface area contributed by atoms with Gasteiger partial charge in [0.25, 0.3) is 0 Å². The maximum atomic E-state index is 14.3. The quantitative estimate of drug-likeness (QED) is 0.190. The summed E-state index contributed by atoms with van der Waals surface area (Å²) in [5.74, 6) is -3.33. The number of fused-ring (bicyclic) bond motifs is 2. The Morgan fingerprint density at radius 3 is 2.27 bits per heavy atom. The Morgan fingerprint density at radius 1 is 1.11 bits per heavy atom. The Morgan fingerprint density at radius 2 is 1.75 bits per heavy atom. The fourth-order valence-electron chi connectivity index (χ4n) is 6.94. The number of carbonyl (C=O) groups is 3. The molecule has 0 spiro atoms. The van der Waals surface area contributed by atoms with Crippen LogP contribution in [0.5, 0.6) is 5.75 Å². The molecule has 0 saturated heterocycles. The molecule has 2 aromatic rings. The number of hydrogen-bond acceptors (Lipinski definition) is 9. The number of aliphatic hydroxyl groups is 2. The number of ketones is 2. The predicted octanol–water partition coefficient (Wildman–Crippen LogP) is 3.75. The summed E-state index contributed by atoms with van der Waals surface area (Å²) >= 11 is 0. The van der Waals surface area contributed by atoms with Gasteiger partial charge in [0.2, 0.25) is 5.91 Å². The third-order valence-electron chi connectivity index (χ3n) is 9.58. The maximum absolute atomic E-state index is 14.3. The van der Waals surface area contributed by atoms with E-state index in [2.05, 4.69) is 31.3 Å². The summed E-state index contributed by atoms with van der Waals surface area (Å²) < 4.78 is 0. The molecular weight excluding hydrogens is 560 g/mol. The van der Waals surface area contributed by atoms with Crippen molar-refractivity contribution >= 4 is 28.8 Å². The molecule has 0 unspecified atom stereocenters. The molecule has 0 radical (unpaired) electrons. The Labute approximate surface area is 259 Å². The zero-order valence-corrected chi connectivity index (χ0v) is 26.8. The third kappa shape index (κ3) is 5.80. The molecule has 0 bridgehead atoms. The molecular formula is C34H46N4O6. The lowest BCUT2D eigenvalue weighted by Crippen LogP contribution is -2.54. The second-order valence-electron chi connectivity index (χ2n) is 13.1. The molecule has 1 amide bonds. The lowest BCUT2D eigenvalue weighted by atomic mass is 9.57. The van der Waals surface area contributed by atoms with Crippen LogP contribution in [0.2, 0.25) is 0 Å². The number of hydrogen-bond donors (Lipinski definition) is 5. The highest BCUT2D eigenvalue weighted by Gasteiger charge is 2.56. The summed E-state index contributed by atoms with van der Waals surface area (Å²) in [6, 6.07) is 9.49. The van der Waals surface area contributed by atoms with Crippen molar-refractivity contribution in [1.82, 2.24) is 4.90 Å². The molecule has 2 aliphatic carbocycles. The highest BCUT2D eigenvalue weighted by molar-refractivity contribution is 6.16. The van der Waals surface area contributed by atoms with Gasteiger partial charge in [-0.25, -0.2) is 0 Å². The fraction of sp³-hybridized carbons (Fsp3) is 0.500. The van der Waals surface area contributed by atoms with E-state index in [1.807, 2.05) is 37.2 Å². The van der Waals surface area contributed by atoms with Crippen molar-refractivity contribution in [2.45, 2.75) is 58.5 Å². The van der Waals surface area contributed by atoms with Gasteiger partial charge in [0.05, 0.1) is 29.7 Å². The minimum absolute atomic E-state index is 0.0611. The molecule has 238 valence electrons. The summed E-state index contributed by atoms with van der Waals surface area (Å²) in [5.41, 5.74) is 7.89. The molecule has 10 heteroatoms. The second-order valence-corrected chi connectivity index (χ2v) is 13.1. The van der Waals surface area contributed by atoms with Crippen molar-refractivity contribution in [2.24, 2.45) is 23.0 Å². The van der Waals surface area contributed by atoms with E-state index in [-0.39, 0.29) is 23.5 Å². The van der Waals surface area contributed by atoms with E-state index in [4.69, 9.17) is 5.73 Å². The highest BCUT2D eigenvalue weighted by atomic mass is 16.3. The molecule has 4 atom stereocenters. The lowest BCUT2D eigenvalue weighted by molar-refractivity contribution is -0.137. The Bertz CT molecular complexity index is 1480. The number of nitrogens with one attached hydrogen (secondary N) is 1. The molecule has 4 rings (SSSR count). The Kier molecular flexibility index (Phi) is 9.46. The van der Waals surface area contributed by atoms with Crippen LogP contribution in [-0.4, -0.2) is 78.5 Å². The number of amides is 1. The number of primary amides is 1. The minimum Gasteiger partial charge on any atom is -0.511 e. The molecule has 10 nitrogen and oxygen atoms in total. The first-order chi connectivity index (χ1) is 20.6. The van der Waals surface area contributed by atoms with Crippen LogP contribution in [0.15, 0.2) is 41.7 Å². The Balaban J connectivity index is 1.83. The van der Waals surface area contributed by atoms with Crippen LogP contribution in [0.25, 0.3) is 0 Å². The largest absolute Gasteiger partial charge is 0.511 e. The van der Waals surface area contributed by atoms with Crippen LogP contribution >= 0.6 is 0 Å². The van der Waals surface area contributed by atoms with Crippen molar-refractivity contribution < 1.29 is 29.7 Å². The highest BCUT2D eigenvalue weighted by Crippen LogP contribution is 2.54. The first kappa shape index (κ1) is 33.0. The van der Waals surface area contributed by atoms with Gasteiger partial charge in [-0.1, -0.05) is 38.1 Å². The van der Waals surface area contributed by atoms with Gasteiger partial charge in [0, 0.05) is 37.9 Å². The van der Waals surface area contributed by atoms with Crippen LogP contribution in [-0.2, 0) is 22.6 Å². The zero-order valence-electron chi connectivity index (χ0n) is 26.8. The molecule has 0 heterocycles. The smallest absolute Gasteiger partial charge is 0.224 e. The number of aromatic hydroxyl groups is 1. The number of anilines is 2. The standard InChI is InChI=1S/C34H46N4O6/c1-18(2)20-10-8-19(9-11-20)16-36-24-14-25(37(4)5)22-12-21-13-23(26(17-39)38(6)7)34(3,27(40)15-28(35)41)33(44)29(21)32(43)30(22)31(24)42/h8-11,14,18,21,23,26,36,39,42,44H,12-13,15-17H2,1-7H3,(H2,35,41)/t21-,23-,26+,34-/m0/s1. The number of nitrogens with two attached hydrogens (primary N) is 1. The summed E-state index contributed by atoms with van der Waals surface area (Å²) in [6.07, 6.45) is 0.0171. The topological polar surface area (TPSA) is 156 Å². The first-order valence-corrected chi connectivity index (χ1v) is 15.1. The average Bonchev–Trinajstić information content (AvgIpc) is 2.94. The van der Waals surface area contributed by atoms with Crippen LogP contribution in [0, 0.1) is 17.3 Å². The molecule has 0 fully saturated rings. The number of allylic oxidation sites excluding steroid dienone is 2. The number of benzene rings is 2. The molecule has 44 heavy (non-hydrogen) atoms. The van der Waals surface area contributed by atoms with E-state index in [0.29, 0.717) is 36.6 Å². The molecule has 2 aromatic carbocycles. The number of likely N-dealkylation sites (N-methyl/N-ethyl adjacent to an activating group) is 1. The number of aliphatic hydroxyl groups excluding tert-OH is 2. The van der Waals surface area contributed by atoms with E-state index in [9.17, 15) is 29.7 Å².